The van der Waals surface area contributed by atoms with Gasteiger partial charge in [-0.1, -0.05) is 49.6 Å². The van der Waals surface area contributed by atoms with Crippen molar-refractivity contribution in [3.05, 3.63) is 42.5 Å². The Kier molecular flexibility index (Phi) is 9.47. The van der Waals surface area contributed by atoms with Gasteiger partial charge in [-0.15, -0.1) is 0 Å². The molecule has 0 radical (unpaired) electrons. The molecule has 1 aliphatic rings. The van der Waals surface area contributed by atoms with E-state index in [0.717, 1.165) is 25.7 Å². The van der Waals surface area contributed by atoms with Gasteiger partial charge in [-0.3, -0.25) is 4.79 Å². The number of benzene rings is 1. The molecule has 0 heterocycles. The Morgan fingerprint density at radius 3 is 2.54 bits per heavy atom. The van der Waals surface area contributed by atoms with Gasteiger partial charge < -0.3 is 25.2 Å². The van der Waals surface area contributed by atoms with Crippen LogP contribution >= 0.6 is 0 Å². The summed E-state index contributed by atoms with van der Waals surface area (Å²) in [6.45, 7) is 0.125. The SMILES string of the molecule is O=C(O)CCCCCCC1[C@@H](/C=C/[C@@H](O)COc2ccccc2)[C@H](O)C[C@@H]1O. The van der Waals surface area contributed by atoms with Gasteiger partial charge in [0.25, 0.3) is 0 Å². The first-order valence-electron chi connectivity index (χ1n) is 10.1. The molecule has 0 aliphatic heterocycles. The third-order valence-electron chi connectivity index (χ3n) is 5.31. The minimum atomic E-state index is -0.790. The summed E-state index contributed by atoms with van der Waals surface area (Å²) in [5.74, 6) is -0.324. The third-order valence-corrected chi connectivity index (χ3v) is 5.31. The predicted molar refractivity (Wildman–Crippen MR) is 106 cm³/mol. The number of aliphatic carboxylic acids is 1. The van der Waals surface area contributed by atoms with Crippen molar-refractivity contribution in [3.8, 4) is 5.75 Å². The van der Waals surface area contributed by atoms with Crippen molar-refractivity contribution < 1.29 is 30.0 Å². The molecule has 2 rings (SSSR count). The van der Waals surface area contributed by atoms with Gasteiger partial charge in [-0.25, -0.2) is 0 Å². The smallest absolute Gasteiger partial charge is 0.303 e. The Balaban J connectivity index is 1.76. The van der Waals surface area contributed by atoms with Crippen LogP contribution in [0.2, 0.25) is 0 Å². The first kappa shape index (κ1) is 22.4. The molecule has 5 atom stereocenters. The minimum Gasteiger partial charge on any atom is -0.491 e. The first-order valence-corrected chi connectivity index (χ1v) is 10.1. The molecule has 1 aromatic carbocycles. The van der Waals surface area contributed by atoms with E-state index < -0.39 is 24.3 Å². The van der Waals surface area contributed by atoms with E-state index in [9.17, 15) is 20.1 Å². The Morgan fingerprint density at radius 1 is 1.11 bits per heavy atom. The highest BCUT2D eigenvalue weighted by molar-refractivity contribution is 5.66. The number of ether oxygens (including phenoxy) is 1. The summed E-state index contributed by atoms with van der Waals surface area (Å²) in [6, 6.07) is 9.25. The van der Waals surface area contributed by atoms with Crippen LogP contribution < -0.4 is 4.74 Å². The van der Waals surface area contributed by atoms with Crippen molar-refractivity contribution in [1.29, 1.82) is 0 Å². The maximum absolute atomic E-state index is 10.5. The Morgan fingerprint density at radius 2 is 1.82 bits per heavy atom. The second kappa shape index (κ2) is 11.8. The molecule has 0 spiro atoms. The van der Waals surface area contributed by atoms with Crippen molar-refractivity contribution in [1.82, 2.24) is 0 Å². The molecule has 0 bridgehead atoms. The molecule has 28 heavy (non-hydrogen) atoms. The van der Waals surface area contributed by atoms with Gasteiger partial charge >= 0.3 is 5.97 Å². The summed E-state index contributed by atoms with van der Waals surface area (Å²) >= 11 is 0. The fraction of sp³-hybridized carbons (Fsp3) is 0.591. The summed E-state index contributed by atoms with van der Waals surface area (Å²) in [5, 5.41) is 39.3. The van der Waals surface area contributed by atoms with Crippen molar-refractivity contribution >= 4 is 5.97 Å². The lowest BCUT2D eigenvalue weighted by Gasteiger charge is -2.21. The van der Waals surface area contributed by atoms with Crippen LogP contribution in [0.5, 0.6) is 5.75 Å². The molecule has 1 aliphatic carbocycles. The van der Waals surface area contributed by atoms with E-state index in [0.29, 0.717) is 18.6 Å². The minimum absolute atomic E-state index is 0.0482. The molecular weight excluding hydrogens is 360 g/mol. The van der Waals surface area contributed by atoms with Gasteiger partial charge in [0.15, 0.2) is 0 Å². The monoisotopic (exact) mass is 392 g/mol. The number of para-hydroxylation sites is 1. The fourth-order valence-corrected chi connectivity index (χ4v) is 3.80. The molecule has 1 aromatic rings. The van der Waals surface area contributed by atoms with Gasteiger partial charge in [-0.05, 0) is 30.9 Å². The average Bonchev–Trinajstić information content (AvgIpc) is 2.94. The van der Waals surface area contributed by atoms with Crippen LogP contribution in [0.1, 0.15) is 44.9 Å². The number of unbranched alkanes of at least 4 members (excludes halogenated alkanes) is 3. The quantitative estimate of drug-likeness (QED) is 0.322. The van der Waals surface area contributed by atoms with E-state index in [1.165, 1.54) is 0 Å². The number of aliphatic hydroxyl groups excluding tert-OH is 3. The highest BCUT2D eigenvalue weighted by atomic mass is 16.5. The van der Waals surface area contributed by atoms with Crippen molar-refractivity contribution in [2.45, 2.75) is 63.3 Å². The highest BCUT2D eigenvalue weighted by Gasteiger charge is 2.39. The van der Waals surface area contributed by atoms with E-state index in [2.05, 4.69) is 0 Å². The standard InChI is InChI=1S/C22H32O6/c23-16(15-28-17-8-4-3-5-9-17)12-13-19-18(20(24)14-21(19)25)10-6-1-2-7-11-22(26)27/h3-5,8-9,12-13,16,18-21,23-25H,1-2,6-7,10-11,14-15H2,(H,26,27)/b13-12+/t16-,18?,19-,20+,21-/m1/s1. The Hall–Kier alpha value is -1.89. The highest BCUT2D eigenvalue weighted by Crippen LogP contribution is 2.37. The second-order valence-corrected chi connectivity index (χ2v) is 7.53. The van der Waals surface area contributed by atoms with Crippen molar-refractivity contribution in [3.63, 3.8) is 0 Å². The molecular formula is C22H32O6. The Bertz CT molecular complexity index is 602. The van der Waals surface area contributed by atoms with Crippen LogP contribution in [0.25, 0.3) is 0 Å². The van der Waals surface area contributed by atoms with Gasteiger partial charge in [0, 0.05) is 18.8 Å². The zero-order valence-corrected chi connectivity index (χ0v) is 16.2. The summed E-state index contributed by atoms with van der Waals surface area (Å²) < 4.78 is 5.52. The lowest BCUT2D eigenvalue weighted by Crippen LogP contribution is -2.22. The van der Waals surface area contributed by atoms with Crippen LogP contribution in [0.15, 0.2) is 42.5 Å². The Labute approximate surface area is 166 Å². The van der Waals surface area contributed by atoms with E-state index in [4.69, 9.17) is 9.84 Å². The summed E-state index contributed by atoms with van der Waals surface area (Å²) in [6.07, 6.45) is 6.10. The van der Waals surface area contributed by atoms with Crippen LogP contribution in [0.4, 0.5) is 0 Å². The summed E-state index contributed by atoms with van der Waals surface area (Å²) in [4.78, 5) is 10.5. The molecule has 0 saturated heterocycles. The molecule has 1 fully saturated rings. The van der Waals surface area contributed by atoms with Crippen LogP contribution in [-0.4, -0.2) is 51.3 Å². The molecule has 1 unspecified atom stereocenters. The molecule has 6 nitrogen and oxygen atoms in total. The lowest BCUT2D eigenvalue weighted by molar-refractivity contribution is -0.137. The van der Waals surface area contributed by atoms with Gasteiger partial charge in [0.05, 0.1) is 12.2 Å². The second-order valence-electron chi connectivity index (χ2n) is 7.53. The molecule has 4 N–H and O–H groups in total. The number of carbonyl (C=O) groups is 1. The predicted octanol–water partition coefficient (Wildman–Crippen LogP) is 2.77. The van der Waals surface area contributed by atoms with Gasteiger partial charge in [-0.2, -0.15) is 0 Å². The number of hydrogen-bond acceptors (Lipinski definition) is 5. The molecule has 0 amide bonds. The maximum Gasteiger partial charge on any atom is 0.303 e. The number of carboxylic acids is 1. The van der Waals surface area contributed by atoms with Gasteiger partial charge in [0.2, 0.25) is 0 Å². The lowest BCUT2D eigenvalue weighted by atomic mass is 9.88. The average molecular weight is 392 g/mol. The number of rotatable bonds is 12. The zero-order chi connectivity index (χ0) is 20.4. The molecule has 6 heteroatoms. The van der Waals surface area contributed by atoms with Crippen LogP contribution in [-0.2, 0) is 4.79 Å². The van der Waals surface area contributed by atoms with Gasteiger partial charge in [0.1, 0.15) is 18.5 Å². The number of aliphatic hydroxyl groups is 3. The van der Waals surface area contributed by atoms with Crippen molar-refractivity contribution in [2.24, 2.45) is 11.8 Å². The largest absolute Gasteiger partial charge is 0.491 e. The number of carboxylic acid groups (broad SMARTS) is 1. The summed E-state index contributed by atoms with van der Waals surface area (Å²) in [7, 11) is 0. The van der Waals surface area contributed by atoms with Crippen LogP contribution in [0.3, 0.4) is 0 Å². The van der Waals surface area contributed by atoms with Crippen LogP contribution in [0, 0.1) is 11.8 Å². The van der Waals surface area contributed by atoms with E-state index >= 15 is 0 Å². The number of hydrogen-bond donors (Lipinski definition) is 4. The van der Waals surface area contributed by atoms with E-state index in [-0.39, 0.29) is 24.9 Å². The fourth-order valence-electron chi connectivity index (χ4n) is 3.80. The summed E-state index contributed by atoms with van der Waals surface area (Å²) in [5.41, 5.74) is 0. The first-order chi connectivity index (χ1) is 13.5. The van der Waals surface area contributed by atoms with Crippen molar-refractivity contribution in [2.75, 3.05) is 6.61 Å². The topological polar surface area (TPSA) is 107 Å². The third kappa shape index (κ3) is 7.62. The molecule has 1 saturated carbocycles. The van der Waals surface area contributed by atoms with E-state index in [1.54, 1.807) is 12.2 Å². The molecule has 0 aromatic heterocycles. The maximum atomic E-state index is 10.5. The van der Waals surface area contributed by atoms with E-state index in [1.807, 2.05) is 30.3 Å². The molecule has 156 valence electrons. The normalized spacial score (nSPS) is 25.8. The zero-order valence-electron chi connectivity index (χ0n) is 16.2.